The lowest BCUT2D eigenvalue weighted by Gasteiger charge is -2.17. The fourth-order valence-corrected chi connectivity index (χ4v) is 1.47. The van der Waals surface area contributed by atoms with E-state index in [1.165, 1.54) is 12.8 Å². The molecule has 0 aliphatic rings. The predicted molar refractivity (Wildman–Crippen MR) is 62.4 cm³/mol. The highest BCUT2D eigenvalue weighted by Gasteiger charge is 2.03. The average molecular weight is 209 g/mol. The maximum Gasteiger partial charge on any atom is 0.252 e. The number of nitrogens with one attached hydrogen (secondary N) is 1. The molecule has 0 unspecified atom stereocenters. The molecule has 0 aliphatic heterocycles. The smallest absolute Gasteiger partial charge is 0.252 e. The molecule has 4 heteroatoms. The quantitative estimate of drug-likeness (QED) is 0.751. The lowest BCUT2D eigenvalue weighted by molar-refractivity contribution is 0.699. The van der Waals surface area contributed by atoms with Gasteiger partial charge in [0.2, 0.25) is 0 Å². The van der Waals surface area contributed by atoms with Gasteiger partial charge in [-0.3, -0.25) is 4.79 Å². The molecule has 0 amide bonds. The molecule has 0 atom stereocenters. The Morgan fingerprint density at radius 1 is 1.47 bits per heavy atom. The van der Waals surface area contributed by atoms with Gasteiger partial charge in [0.05, 0.1) is 0 Å². The molecule has 0 radical (unpaired) electrons. The van der Waals surface area contributed by atoms with Gasteiger partial charge in [-0.1, -0.05) is 19.8 Å². The van der Waals surface area contributed by atoms with Gasteiger partial charge >= 0.3 is 0 Å². The molecule has 0 bridgehead atoms. The number of hydrogen-bond donors (Lipinski definition) is 1. The van der Waals surface area contributed by atoms with Crippen LogP contribution < -0.4 is 10.5 Å². The van der Waals surface area contributed by atoms with Crippen molar-refractivity contribution in [2.24, 2.45) is 0 Å². The van der Waals surface area contributed by atoms with E-state index in [0.29, 0.717) is 5.82 Å². The Morgan fingerprint density at radius 2 is 2.20 bits per heavy atom. The Morgan fingerprint density at radius 3 is 2.80 bits per heavy atom. The molecule has 0 aromatic carbocycles. The van der Waals surface area contributed by atoms with Crippen molar-refractivity contribution in [2.45, 2.75) is 33.1 Å². The van der Waals surface area contributed by atoms with Gasteiger partial charge in [0.25, 0.3) is 5.56 Å². The summed E-state index contributed by atoms with van der Waals surface area (Å²) in [6, 6.07) is 1.54. The third kappa shape index (κ3) is 3.73. The Kier molecular flexibility index (Phi) is 4.34. The van der Waals surface area contributed by atoms with Gasteiger partial charge in [-0.05, 0) is 13.3 Å². The number of hydrogen-bond acceptors (Lipinski definition) is 3. The van der Waals surface area contributed by atoms with Crippen LogP contribution in [0.5, 0.6) is 0 Å². The van der Waals surface area contributed by atoms with Crippen LogP contribution in [0, 0.1) is 6.92 Å². The summed E-state index contributed by atoms with van der Waals surface area (Å²) in [6.45, 7) is 4.92. The van der Waals surface area contributed by atoms with E-state index in [0.717, 1.165) is 18.8 Å². The molecule has 0 saturated carbocycles. The van der Waals surface area contributed by atoms with Crippen molar-refractivity contribution in [3.63, 3.8) is 0 Å². The van der Waals surface area contributed by atoms with E-state index in [-0.39, 0.29) is 5.56 Å². The van der Waals surface area contributed by atoms with Crippen LogP contribution in [0.3, 0.4) is 0 Å². The molecule has 4 nitrogen and oxygen atoms in total. The number of aromatic amines is 1. The fraction of sp³-hybridized carbons (Fsp3) is 0.636. The van der Waals surface area contributed by atoms with Gasteiger partial charge in [0.15, 0.2) is 0 Å². The summed E-state index contributed by atoms with van der Waals surface area (Å²) in [5.74, 6) is 1.42. The zero-order valence-corrected chi connectivity index (χ0v) is 9.71. The lowest BCUT2D eigenvalue weighted by atomic mass is 10.2. The highest BCUT2D eigenvalue weighted by molar-refractivity contribution is 5.35. The second kappa shape index (κ2) is 5.53. The summed E-state index contributed by atoms with van der Waals surface area (Å²) in [5.41, 5.74) is -0.0835. The summed E-state index contributed by atoms with van der Waals surface area (Å²) in [5, 5.41) is 0. The van der Waals surface area contributed by atoms with Crippen molar-refractivity contribution in [1.82, 2.24) is 9.97 Å². The van der Waals surface area contributed by atoms with E-state index < -0.39 is 0 Å². The molecule has 84 valence electrons. The first-order valence-electron chi connectivity index (χ1n) is 5.42. The Hall–Kier alpha value is -1.32. The zero-order valence-electron chi connectivity index (χ0n) is 9.71. The van der Waals surface area contributed by atoms with Crippen LogP contribution in [0.25, 0.3) is 0 Å². The maximum atomic E-state index is 11.2. The van der Waals surface area contributed by atoms with Crippen LogP contribution in [0.15, 0.2) is 10.9 Å². The first-order chi connectivity index (χ1) is 7.13. The Labute approximate surface area is 90.3 Å². The highest BCUT2D eigenvalue weighted by atomic mass is 16.1. The van der Waals surface area contributed by atoms with Gasteiger partial charge in [-0.2, -0.15) is 0 Å². The predicted octanol–water partition coefficient (Wildman–Crippen LogP) is 1.70. The minimum Gasteiger partial charge on any atom is -0.359 e. The third-order valence-corrected chi connectivity index (χ3v) is 2.33. The molecular formula is C11H19N3O. The number of aromatic nitrogens is 2. The fourth-order valence-electron chi connectivity index (χ4n) is 1.47. The number of unbranched alkanes of at least 4 members (excludes halogenated alkanes) is 2. The van der Waals surface area contributed by atoms with Crippen molar-refractivity contribution in [3.05, 3.63) is 22.2 Å². The molecule has 1 heterocycles. The largest absolute Gasteiger partial charge is 0.359 e. The SMILES string of the molecule is CCCCCN(C)c1cc(=O)[nH]c(C)n1. The first-order valence-corrected chi connectivity index (χ1v) is 5.42. The average Bonchev–Trinajstić information content (AvgIpc) is 2.16. The molecule has 0 saturated heterocycles. The zero-order chi connectivity index (χ0) is 11.3. The molecular weight excluding hydrogens is 190 g/mol. The number of nitrogens with zero attached hydrogens (tertiary/aromatic N) is 2. The van der Waals surface area contributed by atoms with Crippen LogP contribution in [-0.2, 0) is 0 Å². The summed E-state index contributed by atoms with van der Waals surface area (Å²) in [4.78, 5) is 20.2. The van der Waals surface area contributed by atoms with Gasteiger partial charge in [0.1, 0.15) is 11.6 Å². The lowest BCUT2D eigenvalue weighted by Crippen LogP contribution is -2.22. The van der Waals surface area contributed by atoms with E-state index in [4.69, 9.17) is 0 Å². The molecule has 1 aromatic rings. The highest BCUT2D eigenvalue weighted by Crippen LogP contribution is 2.06. The van der Waals surface area contributed by atoms with E-state index in [1.54, 1.807) is 13.0 Å². The summed E-state index contributed by atoms with van der Waals surface area (Å²) >= 11 is 0. The minimum absolute atomic E-state index is 0.0835. The van der Waals surface area contributed by atoms with Crippen molar-refractivity contribution in [1.29, 1.82) is 0 Å². The minimum atomic E-state index is -0.0835. The number of rotatable bonds is 5. The number of aryl methyl sites for hydroxylation is 1. The van der Waals surface area contributed by atoms with Gasteiger partial charge in [0, 0.05) is 19.7 Å². The summed E-state index contributed by atoms with van der Waals surface area (Å²) < 4.78 is 0. The van der Waals surface area contributed by atoms with E-state index in [2.05, 4.69) is 16.9 Å². The van der Waals surface area contributed by atoms with Crippen LogP contribution in [0.4, 0.5) is 5.82 Å². The van der Waals surface area contributed by atoms with Crippen molar-refractivity contribution in [3.8, 4) is 0 Å². The van der Waals surface area contributed by atoms with E-state index in [9.17, 15) is 4.79 Å². The van der Waals surface area contributed by atoms with Gasteiger partial charge < -0.3 is 9.88 Å². The van der Waals surface area contributed by atoms with Crippen LogP contribution in [0.1, 0.15) is 32.0 Å². The number of H-pyrrole nitrogens is 1. The third-order valence-electron chi connectivity index (χ3n) is 2.33. The molecule has 1 rings (SSSR count). The van der Waals surface area contributed by atoms with Gasteiger partial charge in [-0.25, -0.2) is 4.98 Å². The molecule has 1 aromatic heterocycles. The maximum absolute atomic E-state index is 11.2. The van der Waals surface area contributed by atoms with Crippen molar-refractivity contribution < 1.29 is 0 Å². The molecule has 0 aliphatic carbocycles. The normalized spacial score (nSPS) is 10.3. The van der Waals surface area contributed by atoms with Crippen LogP contribution in [-0.4, -0.2) is 23.6 Å². The molecule has 1 N–H and O–H groups in total. The topological polar surface area (TPSA) is 49.0 Å². The van der Waals surface area contributed by atoms with Crippen LogP contribution in [0.2, 0.25) is 0 Å². The van der Waals surface area contributed by atoms with E-state index in [1.807, 2.05) is 11.9 Å². The molecule has 0 fully saturated rings. The van der Waals surface area contributed by atoms with Gasteiger partial charge in [-0.15, -0.1) is 0 Å². The Bertz CT molecular complexity index is 359. The summed E-state index contributed by atoms with van der Waals surface area (Å²) in [6.07, 6.45) is 3.56. The molecule has 15 heavy (non-hydrogen) atoms. The monoisotopic (exact) mass is 209 g/mol. The van der Waals surface area contributed by atoms with Crippen LogP contribution >= 0.6 is 0 Å². The Balaban J connectivity index is 2.64. The standard InChI is InChI=1S/C11H19N3O/c1-4-5-6-7-14(3)10-8-11(15)13-9(2)12-10/h8H,4-7H2,1-3H3,(H,12,13,15). The molecule has 0 spiro atoms. The second-order valence-electron chi connectivity index (χ2n) is 3.82. The van der Waals surface area contributed by atoms with E-state index >= 15 is 0 Å². The second-order valence-corrected chi connectivity index (χ2v) is 3.82. The first kappa shape index (κ1) is 11.8. The summed E-state index contributed by atoms with van der Waals surface area (Å²) in [7, 11) is 1.97. The van der Waals surface area contributed by atoms with Crippen molar-refractivity contribution in [2.75, 3.05) is 18.5 Å². The number of anilines is 1. The van der Waals surface area contributed by atoms with Crippen molar-refractivity contribution >= 4 is 5.82 Å².